The van der Waals surface area contributed by atoms with Gasteiger partial charge in [0.1, 0.15) is 11.2 Å². The number of nitrogens with one attached hydrogen (secondary N) is 1. The van der Waals surface area contributed by atoms with Crippen LogP contribution in [0.4, 0.5) is 4.39 Å². The maximum Gasteiger partial charge on any atom is 0.318 e. The zero-order valence-electron chi connectivity index (χ0n) is 21.2. The van der Waals surface area contributed by atoms with E-state index in [4.69, 9.17) is 0 Å². The fourth-order valence-corrected chi connectivity index (χ4v) is 5.09. The van der Waals surface area contributed by atoms with Crippen LogP contribution in [0, 0.1) is 12.7 Å². The van der Waals surface area contributed by atoms with Crippen LogP contribution in [0.2, 0.25) is 0 Å². The monoisotopic (exact) mass is 480 g/mol. The fourth-order valence-electron chi connectivity index (χ4n) is 5.09. The molecule has 1 aliphatic carbocycles. The lowest BCUT2D eigenvalue weighted by molar-refractivity contribution is -0.141. The van der Waals surface area contributed by atoms with Crippen LogP contribution in [0.15, 0.2) is 48.5 Å². The van der Waals surface area contributed by atoms with Crippen molar-refractivity contribution in [2.75, 3.05) is 19.6 Å². The van der Waals surface area contributed by atoms with Crippen LogP contribution in [-0.2, 0) is 10.2 Å². The van der Waals surface area contributed by atoms with E-state index in [0.717, 1.165) is 43.6 Å². The van der Waals surface area contributed by atoms with E-state index in [1.165, 1.54) is 6.07 Å². The minimum absolute atomic E-state index is 0.0310. The number of carboxylic acids is 1. The van der Waals surface area contributed by atoms with Crippen LogP contribution in [0.5, 0.6) is 0 Å². The molecule has 0 saturated heterocycles. The number of aliphatic carboxylic acids is 1. The third kappa shape index (κ3) is 5.99. The van der Waals surface area contributed by atoms with Gasteiger partial charge in [0.05, 0.1) is 0 Å². The van der Waals surface area contributed by atoms with Crippen LogP contribution >= 0.6 is 0 Å². The molecule has 0 heterocycles. The van der Waals surface area contributed by atoms with E-state index in [-0.39, 0.29) is 11.9 Å². The summed E-state index contributed by atoms with van der Waals surface area (Å²) < 4.78 is 14.2. The summed E-state index contributed by atoms with van der Waals surface area (Å²) in [4.78, 5) is 27.5. The topological polar surface area (TPSA) is 69.6 Å². The molecule has 0 radical (unpaired) electrons. The smallest absolute Gasteiger partial charge is 0.318 e. The summed E-state index contributed by atoms with van der Waals surface area (Å²) in [6, 6.07) is 11.9. The van der Waals surface area contributed by atoms with Gasteiger partial charge in [0.15, 0.2) is 0 Å². The molecule has 5 nitrogen and oxygen atoms in total. The Balaban J connectivity index is 1.75. The van der Waals surface area contributed by atoms with E-state index in [0.29, 0.717) is 29.5 Å². The molecule has 0 saturated carbocycles. The van der Waals surface area contributed by atoms with Gasteiger partial charge in [-0.1, -0.05) is 44.2 Å². The lowest BCUT2D eigenvalue weighted by Gasteiger charge is -2.25. The molecule has 0 unspecified atom stereocenters. The number of amides is 1. The summed E-state index contributed by atoms with van der Waals surface area (Å²) in [5.74, 6) is -1.50. The Morgan fingerprint density at radius 1 is 1.11 bits per heavy atom. The first-order valence-corrected chi connectivity index (χ1v) is 12.6. The van der Waals surface area contributed by atoms with E-state index in [9.17, 15) is 19.1 Å². The SMILES string of the molecule is CCCN(CCC)C[C@@H](C)NC(=O)c1ccc(C2=C[C@](C(=O)O)(c3cccc(F)c3C)CC2)cc1. The summed E-state index contributed by atoms with van der Waals surface area (Å²) in [5, 5.41) is 13.2. The molecule has 0 spiro atoms. The quantitative estimate of drug-likeness (QED) is 0.441. The lowest BCUT2D eigenvalue weighted by Crippen LogP contribution is -2.42. The van der Waals surface area contributed by atoms with Gasteiger partial charge in [-0.25, -0.2) is 4.39 Å². The van der Waals surface area contributed by atoms with Crippen molar-refractivity contribution in [2.24, 2.45) is 0 Å². The second kappa shape index (κ2) is 11.6. The molecule has 2 aromatic carbocycles. The molecule has 1 aliphatic rings. The summed E-state index contributed by atoms with van der Waals surface area (Å²) in [7, 11) is 0. The highest BCUT2D eigenvalue weighted by Crippen LogP contribution is 2.44. The third-order valence-electron chi connectivity index (χ3n) is 6.85. The molecular formula is C29H37FN2O3. The number of halogens is 1. The molecule has 0 aromatic heterocycles. The molecule has 3 rings (SSSR count). The molecule has 1 amide bonds. The highest BCUT2D eigenvalue weighted by molar-refractivity contribution is 5.95. The highest BCUT2D eigenvalue weighted by atomic mass is 19.1. The highest BCUT2D eigenvalue weighted by Gasteiger charge is 2.43. The molecule has 0 bridgehead atoms. The average Bonchev–Trinajstić information content (AvgIpc) is 3.28. The van der Waals surface area contributed by atoms with Crippen molar-refractivity contribution in [3.8, 4) is 0 Å². The standard InChI is InChI=1S/C29H37FN2O3/c1-5-16-32(17-6-2)19-20(3)31-27(33)23-12-10-22(11-13-23)24-14-15-29(18-24,28(34)35)25-8-7-9-26(30)21(25)4/h7-13,18,20H,5-6,14-17,19H2,1-4H3,(H,31,33)(H,34,35)/t20-,29+/m1/s1. The average molecular weight is 481 g/mol. The Kier molecular flexibility index (Phi) is 8.84. The van der Waals surface area contributed by atoms with Crippen LogP contribution in [-0.4, -0.2) is 47.6 Å². The second-order valence-corrected chi connectivity index (χ2v) is 9.61. The predicted octanol–water partition coefficient (Wildman–Crippen LogP) is 5.57. The molecule has 0 fully saturated rings. The molecule has 0 aliphatic heterocycles. The Bertz CT molecular complexity index is 1070. The van der Waals surface area contributed by atoms with Crippen LogP contribution in [0.3, 0.4) is 0 Å². The first kappa shape index (κ1) is 26.6. The normalized spacial score (nSPS) is 18.4. The minimum atomic E-state index is -1.25. The molecule has 2 aromatic rings. The third-order valence-corrected chi connectivity index (χ3v) is 6.85. The number of carbonyl (C=O) groups is 2. The molecular weight excluding hydrogens is 443 g/mol. The van der Waals surface area contributed by atoms with Gasteiger partial charge < -0.3 is 15.3 Å². The Morgan fingerprint density at radius 3 is 2.37 bits per heavy atom. The first-order chi connectivity index (χ1) is 16.7. The van der Waals surface area contributed by atoms with Crippen LogP contribution < -0.4 is 5.32 Å². The van der Waals surface area contributed by atoms with Crippen molar-refractivity contribution >= 4 is 17.4 Å². The number of nitrogens with zero attached hydrogens (tertiary/aromatic N) is 1. The van der Waals surface area contributed by atoms with E-state index < -0.39 is 17.2 Å². The number of benzene rings is 2. The van der Waals surface area contributed by atoms with Crippen LogP contribution in [0.25, 0.3) is 5.57 Å². The number of carboxylic acid groups (broad SMARTS) is 1. The van der Waals surface area contributed by atoms with Gasteiger partial charge in [-0.05, 0) is 93.1 Å². The van der Waals surface area contributed by atoms with Gasteiger partial charge in [0.25, 0.3) is 5.91 Å². The Morgan fingerprint density at radius 2 is 1.77 bits per heavy atom. The molecule has 188 valence electrons. The maximum atomic E-state index is 14.2. The molecule has 6 heteroatoms. The van der Waals surface area contributed by atoms with Crippen molar-refractivity contribution in [1.82, 2.24) is 10.2 Å². The largest absolute Gasteiger partial charge is 0.480 e. The second-order valence-electron chi connectivity index (χ2n) is 9.61. The number of rotatable bonds is 11. The zero-order valence-corrected chi connectivity index (χ0v) is 21.2. The minimum Gasteiger partial charge on any atom is -0.480 e. The van der Waals surface area contributed by atoms with Gasteiger partial charge in [-0.3, -0.25) is 9.59 Å². The number of hydrogen-bond donors (Lipinski definition) is 2. The summed E-state index contributed by atoms with van der Waals surface area (Å²) in [6.45, 7) is 10.8. The zero-order chi connectivity index (χ0) is 25.6. The van der Waals surface area contributed by atoms with Crippen LogP contribution in [0.1, 0.15) is 73.5 Å². The Labute approximate surface area is 208 Å². The van der Waals surface area contributed by atoms with Gasteiger partial charge in [0, 0.05) is 18.2 Å². The van der Waals surface area contributed by atoms with E-state index in [2.05, 4.69) is 24.1 Å². The summed E-state index contributed by atoms with van der Waals surface area (Å²) in [6.07, 6.45) is 4.85. The fraction of sp³-hybridized carbons (Fsp3) is 0.448. The molecule has 2 N–H and O–H groups in total. The Hall–Kier alpha value is -2.99. The maximum absolute atomic E-state index is 14.2. The summed E-state index contributed by atoms with van der Waals surface area (Å²) >= 11 is 0. The van der Waals surface area contributed by atoms with Crippen molar-refractivity contribution in [2.45, 2.75) is 64.8 Å². The van der Waals surface area contributed by atoms with E-state index >= 15 is 0 Å². The van der Waals surface area contributed by atoms with Crippen molar-refractivity contribution in [1.29, 1.82) is 0 Å². The van der Waals surface area contributed by atoms with Crippen molar-refractivity contribution in [3.05, 3.63) is 76.6 Å². The number of carbonyl (C=O) groups excluding carboxylic acids is 1. The summed E-state index contributed by atoms with van der Waals surface area (Å²) in [5.41, 5.74) is 1.95. The van der Waals surface area contributed by atoms with Crippen molar-refractivity contribution < 1.29 is 19.1 Å². The van der Waals surface area contributed by atoms with Gasteiger partial charge in [-0.15, -0.1) is 0 Å². The van der Waals surface area contributed by atoms with Gasteiger partial charge in [0.2, 0.25) is 0 Å². The van der Waals surface area contributed by atoms with Gasteiger partial charge in [-0.2, -0.15) is 0 Å². The lowest BCUT2D eigenvalue weighted by atomic mass is 9.78. The number of allylic oxidation sites excluding steroid dienone is 1. The predicted molar refractivity (Wildman–Crippen MR) is 138 cm³/mol. The van der Waals surface area contributed by atoms with Gasteiger partial charge >= 0.3 is 5.97 Å². The van der Waals surface area contributed by atoms with Crippen molar-refractivity contribution in [3.63, 3.8) is 0 Å². The first-order valence-electron chi connectivity index (χ1n) is 12.6. The molecule has 2 atom stereocenters. The number of hydrogen-bond acceptors (Lipinski definition) is 3. The van der Waals surface area contributed by atoms with E-state index in [1.54, 1.807) is 37.3 Å². The van der Waals surface area contributed by atoms with E-state index in [1.807, 2.05) is 19.1 Å². The molecule has 35 heavy (non-hydrogen) atoms.